The summed E-state index contributed by atoms with van der Waals surface area (Å²) in [4.78, 5) is 8.27. The van der Waals surface area contributed by atoms with Crippen LogP contribution in [0.25, 0.3) is 16.4 Å². The number of hydrogen-bond acceptors (Lipinski definition) is 5. The highest BCUT2D eigenvalue weighted by Gasteiger charge is 2.12. The molecule has 90 valence electrons. The fraction of sp³-hybridized carbons (Fsp3) is 0.167. The number of para-hydroxylation sites is 1. The predicted molar refractivity (Wildman–Crippen MR) is 66.3 cm³/mol. The normalized spacial score (nSPS) is 11.2. The Hall–Kier alpha value is -1.95. The molecule has 3 aromatic rings. The standard InChI is InChI=1S/C12H10N4OS/c1-2-18-12-14-11(17)10-8-5-3-4-6-9(8)13-7-16(10)15-12/h3-7H,2H2,1H3. The number of benzene rings is 1. The maximum absolute atomic E-state index is 12.1. The van der Waals surface area contributed by atoms with Gasteiger partial charge < -0.3 is 5.11 Å². The van der Waals surface area contributed by atoms with E-state index in [-0.39, 0.29) is 5.88 Å². The Morgan fingerprint density at radius 1 is 1.33 bits per heavy atom. The zero-order valence-electron chi connectivity index (χ0n) is 9.70. The van der Waals surface area contributed by atoms with Crippen molar-refractivity contribution in [3.05, 3.63) is 30.6 Å². The summed E-state index contributed by atoms with van der Waals surface area (Å²) in [5.41, 5.74) is 1.25. The number of fused-ring (bicyclic) bond motifs is 3. The van der Waals surface area contributed by atoms with E-state index in [2.05, 4.69) is 15.1 Å². The highest BCUT2D eigenvalue weighted by molar-refractivity contribution is 7.99. The summed E-state index contributed by atoms with van der Waals surface area (Å²) in [5, 5.41) is 17.6. The first kappa shape index (κ1) is 11.2. The Morgan fingerprint density at radius 2 is 2.17 bits per heavy atom. The highest BCUT2D eigenvalue weighted by Crippen LogP contribution is 2.20. The molecule has 0 aliphatic rings. The second-order valence-electron chi connectivity index (χ2n) is 3.69. The number of rotatable bonds is 2. The van der Waals surface area contributed by atoms with E-state index in [4.69, 9.17) is 0 Å². The van der Waals surface area contributed by atoms with E-state index in [1.807, 2.05) is 31.2 Å². The molecule has 2 aromatic heterocycles. The van der Waals surface area contributed by atoms with Crippen LogP contribution in [0, 0.1) is 0 Å². The van der Waals surface area contributed by atoms with Gasteiger partial charge in [0.15, 0.2) is 11.0 Å². The third kappa shape index (κ3) is 1.74. The maximum Gasteiger partial charge on any atom is 0.312 e. The van der Waals surface area contributed by atoms with Gasteiger partial charge in [0.05, 0.1) is 5.39 Å². The van der Waals surface area contributed by atoms with Gasteiger partial charge in [-0.05, 0) is 22.9 Å². The number of hydrogen-bond donors (Lipinski definition) is 0. The topological polar surface area (TPSA) is 65.8 Å². The van der Waals surface area contributed by atoms with Gasteiger partial charge in [-0.15, -0.1) is 0 Å². The van der Waals surface area contributed by atoms with Crippen molar-refractivity contribution in [1.82, 2.24) is 15.1 Å². The van der Waals surface area contributed by atoms with Crippen LogP contribution in [0.15, 0.2) is 35.7 Å². The van der Waals surface area contributed by atoms with Crippen molar-refractivity contribution in [2.45, 2.75) is 12.1 Å². The number of nitrogens with zero attached hydrogens (tertiary/aromatic N) is 4. The van der Waals surface area contributed by atoms with Crippen molar-refractivity contribution in [3.63, 3.8) is 0 Å². The molecule has 5 nitrogen and oxygen atoms in total. The van der Waals surface area contributed by atoms with Gasteiger partial charge in [0.2, 0.25) is 5.16 Å². The van der Waals surface area contributed by atoms with Gasteiger partial charge >= 0.3 is 6.33 Å². The first-order valence-electron chi connectivity index (χ1n) is 5.57. The molecule has 0 aliphatic heterocycles. The molecule has 3 rings (SSSR count). The molecular weight excluding hydrogens is 248 g/mol. The lowest BCUT2D eigenvalue weighted by atomic mass is 10.2. The summed E-state index contributed by atoms with van der Waals surface area (Å²) in [6.45, 7) is 1.99. The van der Waals surface area contributed by atoms with Gasteiger partial charge in [0, 0.05) is 5.88 Å². The predicted octanol–water partition coefficient (Wildman–Crippen LogP) is 0.949. The van der Waals surface area contributed by atoms with Gasteiger partial charge in [-0.2, -0.15) is 0 Å². The summed E-state index contributed by atoms with van der Waals surface area (Å²) in [7, 11) is 0. The summed E-state index contributed by atoms with van der Waals surface area (Å²) in [5.74, 6) is 0.562. The van der Waals surface area contributed by atoms with Crippen LogP contribution in [0.4, 0.5) is 0 Å². The molecule has 0 N–H and O–H groups in total. The SMILES string of the molecule is CCSc1nc([O-])c2c3ccccc3nc[n+]2n1. The Bertz CT molecular complexity index is 732. The third-order valence-corrected chi connectivity index (χ3v) is 3.28. The molecule has 0 atom stereocenters. The molecule has 2 heterocycles. The van der Waals surface area contributed by atoms with Crippen LogP contribution in [0.2, 0.25) is 0 Å². The maximum atomic E-state index is 12.1. The van der Waals surface area contributed by atoms with Crippen molar-refractivity contribution < 1.29 is 9.62 Å². The molecule has 18 heavy (non-hydrogen) atoms. The fourth-order valence-corrected chi connectivity index (χ4v) is 2.37. The van der Waals surface area contributed by atoms with Crippen LogP contribution < -0.4 is 9.62 Å². The Balaban J connectivity index is 2.37. The van der Waals surface area contributed by atoms with Crippen LogP contribution in [0.5, 0.6) is 5.88 Å². The van der Waals surface area contributed by atoms with E-state index in [1.165, 1.54) is 16.3 Å². The minimum absolute atomic E-state index is 0.264. The Labute approximate surface area is 108 Å². The number of aromatic nitrogens is 4. The molecule has 0 fully saturated rings. The van der Waals surface area contributed by atoms with Gasteiger partial charge in [-0.1, -0.05) is 40.4 Å². The van der Waals surface area contributed by atoms with Crippen LogP contribution in [-0.4, -0.2) is 20.8 Å². The average Bonchev–Trinajstić information content (AvgIpc) is 2.38. The second-order valence-corrected chi connectivity index (χ2v) is 4.92. The smallest absolute Gasteiger partial charge is 0.312 e. The molecule has 1 aromatic carbocycles. The van der Waals surface area contributed by atoms with Gasteiger partial charge in [-0.3, -0.25) is 0 Å². The van der Waals surface area contributed by atoms with Crippen molar-refractivity contribution in [1.29, 1.82) is 0 Å². The zero-order valence-corrected chi connectivity index (χ0v) is 10.5. The lowest BCUT2D eigenvalue weighted by molar-refractivity contribution is -0.591. The van der Waals surface area contributed by atoms with Crippen molar-refractivity contribution in [2.75, 3.05) is 5.75 Å². The van der Waals surface area contributed by atoms with Crippen molar-refractivity contribution in [2.24, 2.45) is 0 Å². The molecule has 0 spiro atoms. The first-order chi connectivity index (χ1) is 8.79. The van der Waals surface area contributed by atoms with Crippen molar-refractivity contribution >= 4 is 28.2 Å². The van der Waals surface area contributed by atoms with Gasteiger partial charge in [0.25, 0.3) is 0 Å². The molecule has 0 radical (unpaired) electrons. The van der Waals surface area contributed by atoms with Crippen LogP contribution in [0.1, 0.15) is 6.92 Å². The van der Waals surface area contributed by atoms with Gasteiger partial charge in [0.1, 0.15) is 0 Å². The molecule has 0 saturated heterocycles. The highest BCUT2D eigenvalue weighted by atomic mass is 32.2. The Morgan fingerprint density at radius 3 is 3.00 bits per heavy atom. The van der Waals surface area contributed by atoms with E-state index in [1.54, 1.807) is 6.33 Å². The molecule has 0 amide bonds. The number of thioether (sulfide) groups is 1. The molecule has 0 unspecified atom stereocenters. The summed E-state index contributed by atoms with van der Waals surface area (Å²) in [6.07, 6.45) is 1.56. The third-order valence-electron chi connectivity index (χ3n) is 2.56. The fourth-order valence-electron chi connectivity index (χ4n) is 1.82. The molecule has 0 aliphatic carbocycles. The lowest BCUT2D eigenvalue weighted by Crippen LogP contribution is -2.30. The summed E-state index contributed by atoms with van der Waals surface area (Å²) >= 11 is 1.44. The van der Waals surface area contributed by atoms with E-state index in [0.717, 1.165) is 16.7 Å². The lowest BCUT2D eigenvalue weighted by Gasteiger charge is -2.07. The van der Waals surface area contributed by atoms with Crippen LogP contribution in [0.3, 0.4) is 0 Å². The largest absolute Gasteiger partial charge is 0.856 e. The average molecular weight is 258 g/mol. The van der Waals surface area contributed by atoms with Crippen LogP contribution >= 0.6 is 11.8 Å². The van der Waals surface area contributed by atoms with Crippen molar-refractivity contribution in [3.8, 4) is 5.88 Å². The van der Waals surface area contributed by atoms with Crippen LogP contribution in [-0.2, 0) is 0 Å². The minimum atomic E-state index is -0.264. The molecular formula is C12H10N4OS. The Kier molecular flexibility index (Phi) is 2.71. The molecule has 6 heteroatoms. The molecule has 0 bridgehead atoms. The minimum Gasteiger partial charge on any atom is -0.856 e. The first-order valence-corrected chi connectivity index (χ1v) is 6.55. The van der Waals surface area contributed by atoms with E-state index < -0.39 is 0 Å². The second kappa shape index (κ2) is 4.38. The van der Waals surface area contributed by atoms with E-state index >= 15 is 0 Å². The molecule has 0 saturated carbocycles. The van der Waals surface area contributed by atoms with E-state index in [9.17, 15) is 5.11 Å². The monoisotopic (exact) mass is 258 g/mol. The summed E-state index contributed by atoms with van der Waals surface area (Å²) < 4.78 is 1.51. The quantitative estimate of drug-likeness (QED) is 0.389. The van der Waals surface area contributed by atoms with Gasteiger partial charge in [-0.25, -0.2) is 4.98 Å². The zero-order chi connectivity index (χ0) is 12.5. The summed E-state index contributed by atoms with van der Waals surface area (Å²) in [6, 6.07) is 7.48. The van der Waals surface area contributed by atoms with E-state index in [0.29, 0.717) is 10.7 Å².